The molecule has 7 heteroatoms. The maximum Gasteiger partial charge on any atom is 0.236 e. The van der Waals surface area contributed by atoms with Crippen LogP contribution in [0.2, 0.25) is 5.02 Å². The van der Waals surface area contributed by atoms with Gasteiger partial charge in [0.05, 0.1) is 29.1 Å². The number of rotatable bonds is 9. The number of hydrogen-bond donors (Lipinski definition) is 2. The molecule has 1 aromatic rings. The van der Waals surface area contributed by atoms with Gasteiger partial charge in [-0.15, -0.1) is 0 Å². The van der Waals surface area contributed by atoms with E-state index in [4.69, 9.17) is 16.3 Å². The quantitative estimate of drug-likeness (QED) is 0.675. The van der Waals surface area contributed by atoms with Gasteiger partial charge in [0.25, 0.3) is 0 Å². The SMILES string of the molecule is CCc1nn(CC)c(CNC(C)C(=O)NCCOC)c1Cl. The lowest BCUT2D eigenvalue weighted by molar-refractivity contribution is -0.123. The topological polar surface area (TPSA) is 68.2 Å². The van der Waals surface area contributed by atoms with Gasteiger partial charge in [-0.05, 0) is 20.3 Å². The average Bonchev–Trinajstić information content (AvgIpc) is 2.80. The fraction of sp³-hybridized carbons (Fsp3) is 0.714. The minimum absolute atomic E-state index is 0.0542. The Hall–Kier alpha value is -1.11. The van der Waals surface area contributed by atoms with E-state index in [1.807, 2.05) is 25.5 Å². The van der Waals surface area contributed by atoms with Crippen molar-refractivity contribution in [2.24, 2.45) is 0 Å². The second kappa shape index (κ2) is 9.02. The molecule has 1 aromatic heterocycles. The molecule has 1 unspecified atom stereocenters. The molecule has 0 bridgehead atoms. The van der Waals surface area contributed by atoms with E-state index in [0.29, 0.717) is 24.7 Å². The fourth-order valence-corrected chi connectivity index (χ4v) is 2.29. The summed E-state index contributed by atoms with van der Waals surface area (Å²) >= 11 is 6.33. The zero-order valence-electron chi connectivity index (χ0n) is 13.2. The molecule has 0 fully saturated rings. The van der Waals surface area contributed by atoms with Gasteiger partial charge in [0.2, 0.25) is 5.91 Å². The average molecular weight is 317 g/mol. The summed E-state index contributed by atoms with van der Waals surface area (Å²) in [5.74, 6) is -0.0542. The highest BCUT2D eigenvalue weighted by molar-refractivity contribution is 6.31. The number of halogens is 1. The van der Waals surface area contributed by atoms with Crippen molar-refractivity contribution < 1.29 is 9.53 Å². The molecular formula is C14H25ClN4O2. The third-order valence-electron chi connectivity index (χ3n) is 3.27. The summed E-state index contributed by atoms with van der Waals surface area (Å²) in [5, 5.41) is 11.1. The minimum atomic E-state index is -0.303. The predicted octanol–water partition coefficient (Wildman–Crippen LogP) is 1.36. The summed E-state index contributed by atoms with van der Waals surface area (Å²) in [5.41, 5.74) is 1.82. The second-order valence-corrected chi connectivity index (χ2v) is 5.14. The van der Waals surface area contributed by atoms with Gasteiger partial charge in [-0.25, -0.2) is 0 Å². The lowest BCUT2D eigenvalue weighted by Crippen LogP contribution is -2.43. The van der Waals surface area contributed by atoms with Crippen molar-refractivity contribution in [1.29, 1.82) is 0 Å². The zero-order chi connectivity index (χ0) is 15.8. The Kier molecular flexibility index (Phi) is 7.71. The molecule has 0 aliphatic carbocycles. The lowest BCUT2D eigenvalue weighted by Gasteiger charge is -2.14. The van der Waals surface area contributed by atoms with Crippen molar-refractivity contribution in [2.45, 2.75) is 46.3 Å². The maximum atomic E-state index is 11.9. The third kappa shape index (κ3) is 4.98. The van der Waals surface area contributed by atoms with E-state index in [1.165, 1.54) is 0 Å². The van der Waals surface area contributed by atoms with E-state index in [0.717, 1.165) is 24.4 Å². The van der Waals surface area contributed by atoms with Crippen LogP contribution < -0.4 is 10.6 Å². The standard InChI is InChI=1S/C14H25ClN4O2/c1-5-11-13(15)12(19(6-2)18-11)9-17-10(3)14(20)16-7-8-21-4/h10,17H,5-9H2,1-4H3,(H,16,20). The Labute approximate surface area is 131 Å². The number of carbonyl (C=O) groups is 1. The number of nitrogens with zero attached hydrogens (tertiary/aromatic N) is 2. The number of hydrogen-bond acceptors (Lipinski definition) is 4. The molecule has 0 saturated heterocycles. The molecule has 0 aromatic carbocycles. The van der Waals surface area contributed by atoms with Crippen molar-refractivity contribution in [3.63, 3.8) is 0 Å². The largest absolute Gasteiger partial charge is 0.383 e. The number of methoxy groups -OCH3 is 1. The van der Waals surface area contributed by atoms with Crippen LogP contribution in [-0.2, 0) is 29.0 Å². The number of nitrogens with one attached hydrogen (secondary N) is 2. The van der Waals surface area contributed by atoms with Crippen LogP contribution in [-0.4, -0.2) is 42.0 Å². The monoisotopic (exact) mass is 316 g/mol. The van der Waals surface area contributed by atoms with Gasteiger partial charge < -0.3 is 15.4 Å². The molecule has 0 aliphatic rings. The normalized spacial score (nSPS) is 12.4. The van der Waals surface area contributed by atoms with Crippen LogP contribution in [0.4, 0.5) is 0 Å². The molecule has 2 N–H and O–H groups in total. The van der Waals surface area contributed by atoms with Gasteiger partial charge in [-0.1, -0.05) is 18.5 Å². The van der Waals surface area contributed by atoms with Gasteiger partial charge in [0.15, 0.2) is 0 Å². The summed E-state index contributed by atoms with van der Waals surface area (Å²) in [7, 11) is 1.60. The number of aromatic nitrogens is 2. The highest BCUT2D eigenvalue weighted by Crippen LogP contribution is 2.21. The smallest absolute Gasteiger partial charge is 0.236 e. The second-order valence-electron chi connectivity index (χ2n) is 4.76. The Balaban J connectivity index is 2.58. The van der Waals surface area contributed by atoms with E-state index in [1.54, 1.807) is 7.11 Å². The van der Waals surface area contributed by atoms with Gasteiger partial charge in [-0.3, -0.25) is 9.48 Å². The highest BCUT2D eigenvalue weighted by Gasteiger charge is 2.17. The van der Waals surface area contributed by atoms with Gasteiger partial charge in [0, 0.05) is 26.7 Å². The molecule has 1 rings (SSSR count). The number of carbonyl (C=O) groups excluding carboxylic acids is 1. The van der Waals surface area contributed by atoms with Crippen molar-refractivity contribution in [1.82, 2.24) is 20.4 Å². The fourth-order valence-electron chi connectivity index (χ4n) is 1.96. The van der Waals surface area contributed by atoms with Gasteiger partial charge >= 0.3 is 0 Å². The number of amides is 1. The van der Waals surface area contributed by atoms with Crippen molar-refractivity contribution >= 4 is 17.5 Å². The van der Waals surface area contributed by atoms with E-state index in [2.05, 4.69) is 15.7 Å². The Morgan fingerprint density at radius 3 is 2.76 bits per heavy atom. The molecule has 1 heterocycles. The lowest BCUT2D eigenvalue weighted by atomic mass is 10.2. The minimum Gasteiger partial charge on any atom is -0.383 e. The van der Waals surface area contributed by atoms with Crippen LogP contribution >= 0.6 is 11.6 Å². The molecule has 0 spiro atoms. The summed E-state index contributed by atoms with van der Waals surface area (Å²) in [4.78, 5) is 11.9. The van der Waals surface area contributed by atoms with Crippen molar-refractivity contribution in [3.8, 4) is 0 Å². The third-order valence-corrected chi connectivity index (χ3v) is 3.70. The van der Waals surface area contributed by atoms with E-state index < -0.39 is 0 Å². The summed E-state index contributed by atoms with van der Waals surface area (Å²) in [6.45, 7) is 8.15. The summed E-state index contributed by atoms with van der Waals surface area (Å²) in [6, 6.07) is -0.303. The first-order chi connectivity index (χ1) is 10.0. The number of aryl methyl sites for hydroxylation is 2. The first-order valence-corrected chi connectivity index (χ1v) is 7.66. The molecule has 120 valence electrons. The van der Waals surface area contributed by atoms with Gasteiger partial charge in [0.1, 0.15) is 0 Å². The van der Waals surface area contributed by atoms with Crippen molar-refractivity contribution in [2.75, 3.05) is 20.3 Å². The molecule has 0 aliphatic heterocycles. The molecular weight excluding hydrogens is 292 g/mol. The van der Waals surface area contributed by atoms with Crippen LogP contribution in [0.3, 0.4) is 0 Å². The van der Waals surface area contributed by atoms with E-state index in [-0.39, 0.29) is 11.9 Å². The van der Waals surface area contributed by atoms with Crippen molar-refractivity contribution in [3.05, 3.63) is 16.4 Å². The van der Waals surface area contributed by atoms with E-state index >= 15 is 0 Å². The Morgan fingerprint density at radius 1 is 1.48 bits per heavy atom. The Morgan fingerprint density at radius 2 is 2.19 bits per heavy atom. The summed E-state index contributed by atoms with van der Waals surface area (Å²) in [6.07, 6.45) is 0.798. The van der Waals surface area contributed by atoms with Crippen LogP contribution in [0.1, 0.15) is 32.2 Å². The zero-order valence-corrected chi connectivity index (χ0v) is 14.0. The van der Waals surface area contributed by atoms with Crippen LogP contribution in [0, 0.1) is 0 Å². The summed E-state index contributed by atoms with van der Waals surface area (Å²) < 4.78 is 6.78. The maximum absolute atomic E-state index is 11.9. The van der Waals surface area contributed by atoms with E-state index in [9.17, 15) is 4.79 Å². The molecule has 1 atom stereocenters. The van der Waals surface area contributed by atoms with Crippen LogP contribution in [0.25, 0.3) is 0 Å². The van der Waals surface area contributed by atoms with Gasteiger partial charge in [-0.2, -0.15) is 5.10 Å². The predicted molar refractivity (Wildman–Crippen MR) is 83.5 cm³/mol. The molecule has 0 saturated carbocycles. The molecule has 0 radical (unpaired) electrons. The highest BCUT2D eigenvalue weighted by atomic mass is 35.5. The first kappa shape index (κ1) is 17.9. The Bertz CT molecular complexity index is 462. The number of ether oxygens (including phenoxy) is 1. The molecule has 1 amide bonds. The van der Waals surface area contributed by atoms with Crippen LogP contribution in [0.15, 0.2) is 0 Å². The molecule has 6 nitrogen and oxygen atoms in total. The van der Waals surface area contributed by atoms with Crippen LogP contribution in [0.5, 0.6) is 0 Å². The first-order valence-electron chi connectivity index (χ1n) is 7.29. The molecule has 21 heavy (non-hydrogen) atoms.